The monoisotopic (exact) mass is 249 g/mol. The van der Waals surface area contributed by atoms with Gasteiger partial charge in [-0.05, 0) is 5.56 Å². The van der Waals surface area contributed by atoms with E-state index in [2.05, 4.69) is 15.3 Å². The Morgan fingerprint density at radius 3 is 2.78 bits per heavy atom. The molecule has 0 bridgehead atoms. The highest BCUT2D eigenvalue weighted by Crippen LogP contribution is 2.13. The molecule has 5 nitrogen and oxygen atoms in total. The van der Waals surface area contributed by atoms with Crippen molar-refractivity contribution >= 4 is 5.82 Å². The summed E-state index contributed by atoms with van der Waals surface area (Å²) in [6.07, 6.45) is 0.991. The van der Waals surface area contributed by atoms with Gasteiger partial charge in [-0.3, -0.25) is 0 Å². The van der Waals surface area contributed by atoms with Gasteiger partial charge in [0.25, 0.3) is 0 Å². The minimum atomic E-state index is -0.642. The number of aliphatic hydroxyl groups excluding tert-OH is 1. The lowest BCUT2D eigenvalue weighted by Crippen LogP contribution is -2.07. The summed E-state index contributed by atoms with van der Waals surface area (Å²) >= 11 is 0. The first-order valence-corrected chi connectivity index (χ1v) is 5.33. The fraction of sp³-hybridized carbons (Fsp3) is 0.167. The van der Waals surface area contributed by atoms with Gasteiger partial charge in [0, 0.05) is 0 Å². The number of rotatable bonds is 5. The maximum Gasteiger partial charge on any atom is 0.318 e. The Bertz CT molecular complexity index is 508. The molecule has 0 aliphatic rings. The van der Waals surface area contributed by atoms with Crippen molar-refractivity contribution in [3.63, 3.8) is 0 Å². The standard InChI is InChI=1S/C12H12FN3O2/c13-10-6-14-12(16-11(10)15-8-17)18-7-9-4-2-1-3-5-9/h1-6,17H,7-8H2,(H,14,15,16). The number of aromatic nitrogens is 2. The van der Waals surface area contributed by atoms with Crippen LogP contribution in [0.1, 0.15) is 5.56 Å². The first-order valence-electron chi connectivity index (χ1n) is 5.33. The Balaban J connectivity index is 2.03. The van der Waals surface area contributed by atoms with Crippen LogP contribution in [0.4, 0.5) is 10.2 Å². The molecule has 0 aliphatic heterocycles. The molecule has 0 saturated heterocycles. The molecule has 0 amide bonds. The normalized spacial score (nSPS) is 10.1. The maximum atomic E-state index is 13.2. The number of nitrogens with zero attached hydrogens (tertiary/aromatic N) is 2. The van der Waals surface area contributed by atoms with Crippen molar-refractivity contribution in [1.29, 1.82) is 0 Å². The smallest absolute Gasteiger partial charge is 0.318 e. The number of anilines is 1. The third-order valence-corrected chi connectivity index (χ3v) is 2.18. The molecule has 0 saturated carbocycles. The number of aliphatic hydroxyl groups is 1. The zero-order chi connectivity index (χ0) is 12.8. The molecule has 0 unspecified atom stereocenters. The largest absolute Gasteiger partial charge is 0.459 e. The molecule has 6 heteroatoms. The zero-order valence-electron chi connectivity index (χ0n) is 9.51. The Hall–Kier alpha value is -2.21. The van der Waals surface area contributed by atoms with Crippen LogP contribution in [0.25, 0.3) is 0 Å². The summed E-state index contributed by atoms with van der Waals surface area (Å²) in [5, 5.41) is 11.0. The average molecular weight is 249 g/mol. The lowest BCUT2D eigenvalue weighted by atomic mass is 10.2. The highest BCUT2D eigenvalue weighted by Gasteiger charge is 2.06. The zero-order valence-corrected chi connectivity index (χ0v) is 9.51. The second kappa shape index (κ2) is 5.92. The van der Waals surface area contributed by atoms with Crippen LogP contribution in [0.2, 0.25) is 0 Å². The molecule has 2 N–H and O–H groups in total. The van der Waals surface area contributed by atoms with Crippen molar-refractivity contribution in [3.05, 3.63) is 47.9 Å². The van der Waals surface area contributed by atoms with Gasteiger partial charge in [-0.2, -0.15) is 4.98 Å². The minimum absolute atomic E-state index is 0.0520. The summed E-state index contributed by atoms with van der Waals surface area (Å²) in [5.74, 6) is -0.730. The first kappa shape index (κ1) is 12.3. The van der Waals surface area contributed by atoms with Gasteiger partial charge in [0.2, 0.25) is 0 Å². The van der Waals surface area contributed by atoms with Gasteiger partial charge in [0.05, 0.1) is 6.20 Å². The van der Waals surface area contributed by atoms with E-state index in [4.69, 9.17) is 9.84 Å². The molecule has 1 heterocycles. The molecule has 1 aromatic heterocycles. The third kappa shape index (κ3) is 3.14. The van der Waals surface area contributed by atoms with Gasteiger partial charge in [-0.15, -0.1) is 0 Å². The van der Waals surface area contributed by atoms with Gasteiger partial charge in [0.15, 0.2) is 11.6 Å². The number of hydrogen-bond acceptors (Lipinski definition) is 5. The SMILES string of the molecule is OCNc1nc(OCc2ccccc2)ncc1F. The van der Waals surface area contributed by atoms with Crippen LogP contribution >= 0.6 is 0 Å². The van der Waals surface area contributed by atoms with E-state index in [1.807, 2.05) is 30.3 Å². The molecule has 94 valence electrons. The summed E-state index contributed by atoms with van der Waals surface area (Å²) in [6, 6.07) is 9.54. The van der Waals surface area contributed by atoms with Crippen molar-refractivity contribution in [2.45, 2.75) is 6.61 Å². The molecule has 0 fully saturated rings. The molecule has 0 radical (unpaired) electrons. The molecule has 0 aliphatic carbocycles. The molecule has 18 heavy (non-hydrogen) atoms. The van der Waals surface area contributed by atoms with E-state index in [1.54, 1.807) is 0 Å². The van der Waals surface area contributed by atoms with Crippen molar-refractivity contribution < 1.29 is 14.2 Å². The average Bonchev–Trinajstić information content (AvgIpc) is 2.41. The summed E-state index contributed by atoms with van der Waals surface area (Å²) in [5.41, 5.74) is 0.960. The van der Waals surface area contributed by atoms with Crippen molar-refractivity contribution in [2.75, 3.05) is 12.0 Å². The topological polar surface area (TPSA) is 67.3 Å². The lowest BCUT2D eigenvalue weighted by Gasteiger charge is -2.07. The van der Waals surface area contributed by atoms with Gasteiger partial charge < -0.3 is 15.2 Å². The summed E-state index contributed by atoms with van der Waals surface area (Å²) < 4.78 is 18.5. The molecule has 0 atom stereocenters. The maximum absolute atomic E-state index is 13.2. The van der Waals surface area contributed by atoms with E-state index in [9.17, 15) is 4.39 Å². The highest BCUT2D eigenvalue weighted by atomic mass is 19.1. The quantitative estimate of drug-likeness (QED) is 0.787. The summed E-state index contributed by atoms with van der Waals surface area (Å²) in [4.78, 5) is 7.50. The van der Waals surface area contributed by atoms with Crippen LogP contribution in [0.15, 0.2) is 36.5 Å². The van der Waals surface area contributed by atoms with Crippen molar-refractivity contribution in [3.8, 4) is 6.01 Å². The van der Waals surface area contributed by atoms with E-state index in [-0.39, 0.29) is 11.8 Å². The molecule has 0 spiro atoms. The predicted octanol–water partition coefficient (Wildman–Crippen LogP) is 1.56. The number of ether oxygens (including phenoxy) is 1. The fourth-order valence-corrected chi connectivity index (χ4v) is 1.34. The molecule has 2 rings (SSSR count). The van der Waals surface area contributed by atoms with E-state index >= 15 is 0 Å². The summed E-state index contributed by atoms with van der Waals surface area (Å²) in [7, 11) is 0. The second-order valence-corrected chi connectivity index (χ2v) is 3.46. The van der Waals surface area contributed by atoms with Crippen LogP contribution < -0.4 is 10.1 Å². The number of benzene rings is 1. The molecule has 1 aromatic carbocycles. The van der Waals surface area contributed by atoms with Crippen LogP contribution in [0, 0.1) is 5.82 Å². The lowest BCUT2D eigenvalue weighted by molar-refractivity contribution is 0.279. The van der Waals surface area contributed by atoms with Crippen LogP contribution in [-0.2, 0) is 6.61 Å². The van der Waals surface area contributed by atoms with E-state index < -0.39 is 12.5 Å². The fourth-order valence-electron chi connectivity index (χ4n) is 1.34. The van der Waals surface area contributed by atoms with Gasteiger partial charge in [0.1, 0.15) is 13.3 Å². The van der Waals surface area contributed by atoms with Gasteiger partial charge in [-0.1, -0.05) is 30.3 Å². The van der Waals surface area contributed by atoms with Gasteiger partial charge in [-0.25, -0.2) is 9.37 Å². The number of halogens is 1. The van der Waals surface area contributed by atoms with Crippen molar-refractivity contribution in [1.82, 2.24) is 9.97 Å². The first-order chi connectivity index (χ1) is 8.79. The Morgan fingerprint density at radius 2 is 2.06 bits per heavy atom. The summed E-state index contributed by atoms with van der Waals surface area (Å²) in [6.45, 7) is -0.114. The van der Waals surface area contributed by atoms with E-state index in [0.29, 0.717) is 6.61 Å². The van der Waals surface area contributed by atoms with E-state index in [1.165, 1.54) is 0 Å². The molecular weight excluding hydrogens is 237 g/mol. The Morgan fingerprint density at radius 1 is 1.28 bits per heavy atom. The molecule has 2 aromatic rings. The molecular formula is C12H12FN3O2. The second-order valence-electron chi connectivity index (χ2n) is 3.46. The van der Waals surface area contributed by atoms with Crippen molar-refractivity contribution in [2.24, 2.45) is 0 Å². The van der Waals surface area contributed by atoms with E-state index in [0.717, 1.165) is 11.8 Å². The predicted molar refractivity (Wildman–Crippen MR) is 63.5 cm³/mol. The minimum Gasteiger partial charge on any atom is -0.459 e. The van der Waals surface area contributed by atoms with Crippen LogP contribution in [0.5, 0.6) is 6.01 Å². The van der Waals surface area contributed by atoms with Gasteiger partial charge >= 0.3 is 6.01 Å². The highest BCUT2D eigenvalue weighted by molar-refractivity contribution is 5.35. The number of nitrogens with one attached hydrogen (secondary N) is 1. The number of hydrogen-bond donors (Lipinski definition) is 2. The Labute approximate surface area is 103 Å². The van der Waals surface area contributed by atoms with Crippen LogP contribution in [-0.4, -0.2) is 21.8 Å². The Kier molecular flexibility index (Phi) is 4.03. The van der Waals surface area contributed by atoms with Crippen LogP contribution in [0.3, 0.4) is 0 Å². The third-order valence-electron chi connectivity index (χ3n) is 2.18.